The number of aryl methyl sites for hydroxylation is 1. The maximum atomic E-state index is 12.1. The molecule has 0 atom stereocenters. The van der Waals surface area contributed by atoms with Crippen molar-refractivity contribution in [1.29, 1.82) is 0 Å². The molecule has 3 rings (SSSR count). The van der Waals surface area contributed by atoms with Gasteiger partial charge in [0.2, 0.25) is 0 Å². The Morgan fingerprint density at radius 1 is 1.17 bits per heavy atom. The number of carbonyl (C=O) groups excluding carboxylic acids is 1. The molecular weight excluding hydrogens is 372 g/mol. The molecule has 23 heavy (non-hydrogen) atoms. The third-order valence-corrected chi connectivity index (χ3v) is 5.05. The average Bonchev–Trinajstić information content (AvgIpc) is 2.90. The summed E-state index contributed by atoms with van der Waals surface area (Å²) in [4.78, 5) is 17.2. The van der Waals surface area contributed by atoms with Crippen LogP contribution in [0.5, 0.6) is 0 Å². The van der Waals surface area contributed by atoms with Gasteiger partial charge in [-0.15, -0.1) is 0 Å². The SMILES string of the molecule is CCc1ccc(N=C2NC(=O)/C(=C/c3ccccc3Br)S2)cc1. The molecule has 0 aromatic heterocycles. The second-order valence-corrected chi connectivity index (χ2v) is 6.91. The molecule has 0 bridgehead atoms. The first-order valence-electron chi connectivity index (χ1n) is 7.29. The lowest BCUT2D eigenvalue weighted by atomic mass is 10.2. The molecular formula is C18H15BrN2OS. The van der Waals surface area contributed by atoms with E-state index in [4.69, 9.17) is 0 Å². The topological polar surface area (TPSA) is 41.5 Å². The van der Waals surface area contributed by atoms with Crippen molar-refractivity contribution in [2.24, 2.45) is 4.99 Å². The van der Waals surface area contributed by atoms with Gasteiger partial charge in [-0.25, -0.2) is 4.99 Å². The van der Waals surface area contributed by atoms with Gasteiger partial charge in [0.1, 0.15) is 0 Å². The number of amidine groups is 1. The Morgan fingerprint density at radius 3 is 2.61 bits per heavy atom. The highest BCUT2D eigenvalue weighted by molar-refractivity contribution is 9.10. The van der Waals surface area contributed by atoms with Gasteiger partial charge in [-0.2, -0.15) is 0 Å². The first-order valence-corrected chi connectivity index (χ1v) is 8.89. The second kappa shape index (κ2) is 7.15. The van der Waals surface area contributed by atoms with Gasteiger partial charge in [0, 0.05) is 4.47 Å². The van der Waals surface area contributed by atoms with Crippen LogP contribution in [-0.2, 0) is 11.2 Å². The first-order chi connectivity index (χ1) is 11.2. The summed E-state index contributed by atoms with van der Waals surface area (Å²) < 4.78 is 0.960. The smallest absolute Gasteiger partial charge is 0.264 e. The number of aliphatic imine (C=N–C) groups is 1. The molecule has 116 valence electrons. The molecule has 0 spiro atoms. The molecule has 1 saturated heterocycles. The molecule has 5 heteroatoms. The number of hydrogen-bond acceptors (Lipinski definition) is 3. The van der Waals surface area contributed by atoms with Gasteiger partial charge in [-0.1, -0.05) is 53.2 Å². The van der Waals surface area contributed by atoms with Crippen LogP contribution in [0.15, 0.2) is 62.9 Å². The minimum Gasteiger partial charge on any atom is -0.300 e. The zero-order chi connectivity index (χ0) is 16.2. The highest BCUT2D eigenvalue weighted by Gasteiger charge is 2.23. The number of thioether (sulfide) groups is 1. The van der Waals surface area contributed by atoms with Crippen molar-refractivity contribution in [1.82, 2.24) is 5.32 Å². The number of carbonyl (C=O) groups is 1. The van der Waals surface area contributed by atoms with Crippen LogP contribution in [0.25, 0.3) is 6.08 Å². The summed E-state index contributed by atoms with van der Waals surface area (Å²) >= 11 is 4.85. The quantitative estimate of drug-likeness (QED) is 0.761. The van der Waals surface area contributed by atoms with Gasteiger partial charge in [0.15, 0.2) is 5.17 Å². The van der Waals surface area contributed by atoms with Crippen molar-refractivity contribution in [3.8, 4) is 0 Å². The number of hydrogen-bond donors (Lipinski definition) is 1. The highest BCUT2D eigenvalue weighted by atomic mass is 79.9. The van der Waals surface area contributed by atoms with Crippen LogP contribution < -0.4 is 5.32 Å². The van der Waals surface area contributed by atoms with Gasteiger partial charge >= 0.3 is 0 Å². The molecule has 0 radical (unpaired) electrons. The molecule has 1 fully saturated rings. The maximum absolute atomic E-state index is 12.1. The van der Waals surface area contributed by atoms with E-state index in [1.807, 2.05) is 42.5 Å². The lowest BCUT2D eigenvalue weighted by Crippen LogP contribution is -2.19. The predicted molar refractivity (Wildman–Crippen MR) is 101 cm³/mol. The van der Waals surface area contributed by atoms with Crippen LogP contribution in [-0.4, -0.2) is 11.1 Å². The summed E-state index contributed by atoms with van der Waals surface area (Å²) in [5, 5.41) is 3.42. The highest BCUT2D eigenvalue weighted by Crippen LogP contribution is 2.29. The van der Waals surface area contributed by atoms with E-state index >= 15 is 0 Å². The van der Waals surface area contributed by atoms with Gasteiger partial charge in [0.05, 0.1) is 10.6 Å². The fourth-order valence-electron chi connectivity index (χ4n) is 2.14. The number of rotatable bonds is 3. The van der Waals surface area contributed by atoms with E-state index in [9.17, 15) is 4.79 Å². The van der Waals surface area contributed by atoms with Crippen LogP contribution in [0.3, 0.4) is 0 Å². The van der Waals surface area contributed by atoms with Crippen molar-refractivity contribution in [2.45, 2.75) is 13.3 Å². The lowest BCUT2D eigenvalue weighted by molar-refractivity contribution is -0.115. The van der Waals surface area contributed by atoms with Crippen molar-refractivity contribution >= 4 is 50.5 Å². The summed E-state index contributed by atoms with van der Waals surface area (Å²) in [6.07, 6.45) is 2.87. The Labute approximate surface area is 148 Å². The van der Waals surface area contributed by atoms with Gasteiger partial charge in [-0.05, 0) is 53.6 Å². The van der Waals surface area contributed by atoms with E-state index in [-0.39, 0.29) is 5.91 Å². The Balaban J connectivity index is 1.81. The molecule has 1 amide bonds. The standard InChI is InChI=1S/C18H15BrN2OS/c1-2-12-7-9-14(10-8-12)20-18-21-17(22)16(23-18)11-13-5-3-4-6-15(13)19/h3-11H,2H2,1H3,(H,20,21,22)/b16-11-. The van der Waals surface area contributed by atoms with Crippen molar-refractivity contribution in [3.05, 3.63) is 69.0 Å². The Bertz CT molecular complexity index is 797. The summed E-state index contributed by atoms with van der Waals surface area (Å²) in [6.45, 7) is 2.12. The fraction of sp³-hybridized carbons (Fsp3) is 0.111. The molecule has 2 aromatic rings. The largest absolute Gasteiger partial charge is 0.300 e. The molecule has 0 unspecified atom stereocenters. The molecule has 0 aliphatic carbocycles. The van der Waals surface area contributed by atoms with Crippen molar-refractivity contribution in [3.63, 3.8) is 0 Å². The molecule has 0 saturated carbocycles. The normalized spacial score (nSPS) is 17.7. The summed E-state index contributed by atoms with van der Waals surface area (Å²) in [7, 11) is 0. The van der Waals surface area contributed by atoms with Crippen molar-refractivity contribution < 1.29 is 4.79 Å². The molecule has 1 aliphatic heterocycles. The third-order valence-electron chi connectivity index (χ3n) is 3.42. The van der Waals surface area contributed by atoms with Crippen LogP contribution in [0.4, 0.5) is 5.69 Å². The zero-order valence-corrected chi connectivity index (χ0v) is 14.9. The average molecular weight is 387 g/mol. The van der Waals surface area contributed by atoms with E-state index in [1.165, 1.54) is 17.3 Å². The molecule has 1 aliphatic rings. The van der Waals surface area contributed by atoms with Crippen LogP contribution in [0, 0.1) is 0 Å². The Hall–Kier alpha value is -1.85. The van der Waals surface area contributed by atoms with Gasteiger partial charge in [-0.3, -0.25) is 4.79 Å². The Kier molecular flexibility index (Phi) is 4.98. The second-order valence-electron chi connectivity index (χ2n) is 5.02. The molecule has 3 nitrogen and oxygen atoms in total. The predicted octanol–water partition coefficient (Wildman–Crippen LogP) is 4.90. The van der Waals surface area contributed by atoms with Crippen molar-refractivity contribution in [2.75, 3.05) is 0 Å². The van der Waals surface area contributed by atoms with Crippen LogP contribution in [0.2, 0.25) is 0 Å². The van der Waals surface area contributed by atoms with E-state index in [2.05, 4.69) is 45.3 Å². The molecule has 1 heterocycles. The van der Waals surface area contributed by atoms with E-state index in [1.54, 1.807) is 0 Å². The lowest BCUT2D eigenvalue weighted by Gasteiger charge is -1.99. The third kappa shape index (κ3) is 3.92. The van der Waals surface area contributed by atoms with Crippen LogP contribution in [0.1, 0.15) is 18.1 Å². The number of halogens is 1. The Morgan fingerprint density at radius 2 is 1.91 bits per heavy atom. The first kappa shape index (κ1) is 16.0. The fourth-order valence-corrected chi connectivity index (χ4v) is 3.37. The number of benzene rings is 2. The van der Waals surface area contributed by atoms with E-state index in [0.717, 1.165) is 22.1 Å². The summed E-state index contributed by atoms with van der Waals surface area (Å²) in [6, 6.07) is 15.8. The van der Waals surface area contributed by atoms with E-state index < -0.39 is 0 Å². The monoisotopic (exact) mass is 386 g/mol. The number of amides is 1. The summed E-state index contributed by atoms with van der Waals surface area (Å²) in [5.41, 5.74) is 3.08. The number of nitrogens with zero attached hydrogens (tertiary/aromatic N) is 1. The minimum atomic E-state index is -0.116. The molecule has 2 aromatic carbocycles. The maximum Gasteiger partial charge on any atom is 0.264 e. The zero-order valence-electron chi connectivity index (χ0n) is 12.5. The van der Waals surface area contributed by atoms with E-state index in [0.29, 0.717) is 10.1 Å². The minimum absolute atomic E-state index is 0.116. The van der Waals surface area contributed by atoms with Gasteiger partial charge in [0.25, 0.3) is 5.91 Å². The summed E-state index contributed by atoms with van der Waals surface area (Å²) in [5.74, 6) is -0.116. The number of nitrogens with one attached hydrogen (secondary N) is 1. The molecule has 1 N–H and O–H groups in total. The van der Waals surface area contributed by atoms with Gasteiger partial charge < -0.3 is 5.32 Å². The van der Waals surface area contributed by atoms with Crippen LogP contribution >= 0.6 is 27.7 Å².